The van der Waals surface area contributed by atoms with Crippen LogP contribution in [0.15, 0.2) is 42.5 Å². The van der Waals surface area contributed by atoms with Gasteiger partial charge in [-0.15, -0.1) is 0 Å². The molecule has 13 nitrogen and oxygen atoms in total. The lowest BCUT2D eigenvalue weighted by atomic mass is 9.96. The van der Waals surface area contributed by atoms with Gasteiger partial charge in [-0.05, 0) is 29.8 Å². The fourth-order valence-electron chi connectivity index (χ4n) is 4.65. The fraction of sp³-hybridized carbons (Fsp3) is 0.500. The van der Waals surface area contributed by atoms with Gasteiger partial charge in [-0.2, -0.15) is 0 Å². The molecule has 0 saturated carbocycles. The van der Waals surface area contributed by atoms with Gasteiger partial charge in [-0.25, -0.2) is 0 Å². The van der Waals surface area contributed by atoms with Gasteiger partial charge in [0, 0.05) is 6.07 Å². The van der Waals surface area contributed by atoms with E-state index in [1.807, 2.05) is 0 Å². The molecule has 2 aromatic carbocycles. The van der Waals surface area contributed by atoms with Crippen LogP contribution in [-0.2, 0) is 9.47 Å². The third kappa shape index (κ3) is 5.33. The first kappa shape index (κ1) is 27.7. The zero-order chi connectivity index (χ0) is 27.9. The quantitative estimate of drug-likeness (QED) is 0.208. The van der Waals surface area contributed by atoms with Crippen molar-refractivity contribution >= 4 is 5.78 Å². The highest BCUT2D eigenvalue weighted by Gasteiger charge is 2.49. The molecule has 3 aliphatic heterocycles. The van der Waals surface area contributed by atoms with Crippen LogP contribution in [0.3, 0.4) is 0 Å². The summed E-state index contributed by atoms with van der Waals surface area (Å²) in [7, 11) is 0. The summed E-state index contributed by atoms with van der Waals surface area (Å²) in [6.07, 6.45) is -10.4. The number of ether oxygens (including phenoxy) is 5. The Balaban J connectivity index is 1.26. The van der Waals surface area contributed by atoms with Crippen molar-refractivity contribution in [3.05, 3.63) is 53.6 Å². The zero-order valence-corrected chi connectivity index (χ0v) is 20.6. The summed E-state index contributed by atoms with van der Waals surface area (Å²) in [6, 6.07) is 10.9. The van der Waals surface area contributed by atoms with Crippen molar-refractivity contribution < 1.29 is 64.2 Å². The Morgan fingerprint density at radius 2 is 1.59 bits per heavy atom. The molecule has 212 valence electrons. The number of hydrogen-bond acceptors (Lipinski definition) is 13. The van der Waals surface area contributed by atoms with Gasteiger partial charge in [0.25, 0.3) is 0 Å². The van der Waals surface area contributed by atoms with Crippen LogP contribution in [0.5, 0.6) is 17.2 Å². The molecule has 9 atom stereocenters. The molecule has 2 aromatic rings. The van der Waals surface area contributed by atoms with Gasteiger partial charge in [0.2, 0.25) is 12.6 Å². The summed E-state index contributed by atoms with van der Waals surface area (Å²) in [5.74, 6) is 0.567. The molecule has 0 aliphatic carbocycles. The van der Waals surface area contributed by atoms with Crippen LogP contribution >= 0.6 is 0 Å². The van der Waals surface area contributed by atoms with Gasteiger partial charge in [-0.3, -0.25) is 4.79 Å². The number of aliphatic hydroxyl groups is 7. The normalized spacial score (nSPS) is 36.2. The van der Waals surface area contributed by atoms with Crippen LogP contribution in [0, 0.1) is 0 Å². The molecule has 0 amide bonds. The van der Waals surface area contributed by atoms with E-state index in [2.05, 4.69) is 0 Å². The van der Waals surface area contributed by atoms with E-state index < -0.39 is 68.0 Å². The molecular formula is C26H30O13. The van der Waals surface area contributed by atoms with Crippen LogP contribution < -0.4 is 14.2 Å². The van der Waals surface area contributed by atoms with E-state index in [1.54, 1.807) is 24.3 Å². The first-order valence-corrected chi connectivity index (χ1v) is 12.3. The minimum absolute atomic E-state index is 0.0636. The second-order valence-corrected chi connectivity index (χ2v) is 9.78. The van der Waals surface area contributed by atoms with Gasteiger partial charge in [0.05, 0.1) is 31.8 Å². The summed E-state index contributed by atoms with van der Waals surface area (Å²) in [5, 5.41) is 69.0. The topological polar surface area (TPSA) is 205 Å². The minimum atomic E-state index is -1.84. The van der Waals surface area contributed by atoms with Crippen molar-refractivity contribution in [2.45, 2.75) is 61.2 Å². The van der Waals surface area contributed by atoms with E-state index in [1.165, 1.54) is 18.2 Å². The molecular weight excluding hydrogens is 520 g/mol. The number of rotatable bonds is 7. The SMILES string of the molecule is O=C1C[C@H](c2ccc(O[C@H]3O[C@@H](CO)[C@H](O)[C@@H](O)[C@@H]3O)cc2)Oc2cc(O[C@H]3OC[C@@](O)(CO)[C@@H]3O)ccc21. The summed E-state index contributed by atoms with van der Waals surface area (Å²) in [6.45, 7) is -1.60. The number of Topliss-reactive ketones (excluding diaryl/α,β-unsaturated/α-hetero) is 1. The number of fused-ring (bicyclic) bond motifs is 1. The minimum Gasteiger partial charge on any atom is -0.484 e. The number of benzene rings is 2. The standard InChI is InChI=1S/C26H30O13/c27-9-19-20(30)21(31)22(32)24(39-19)36-13-3-1-12(2-4-13)17-8-16(29)15-6-5-14(7-18(15)38-17)37-25-23(33)26(34,10-28)11-35-25/h1-7,17,19-25,27-28,30-34H,8-11H2/t17-,19+,20+,21-,22+,23-,24+,25-,26+/m1/s1. The van der Waals surface area contributed by atoms with Gasteiger partial charge in [-0.1, -0.05) is 12.1 Å². The van der Waals surface area contributed by atoms with Crippen molar-refractivity contribution in [1.82, 2.24) is 0 Å². The monoisotopic (exact) mass is 550 g/mol. The summed E-state index contributed by atoms with van der Waals surface area (Å²) < 4.78 is 27.9. The molecule has 2 fully saturated rings. The average Bonchev–Trinajstić information content (AvgIpc) is 3.22. The number of carbonyl (C=O) groups is 1. The lowest BCUT2D eigenvalue weighted by Gasteiger charge is -2.39. The molecule has 13 heteroatoms. The Morgan fingerprint density at radius 1 is 0.897 bits per heavy atom. The smallest absolute Gasteiger partial charge is 0.229 e. The second kappa shape index (κ2) is 11.0. The first-order chi connectivity index (χ1) is 18.6. The maximum Gasteiger partial charge on any atom is 0.229 e. The third-order valence-electron chi connectivity index (χ3n) is 7.08. The van der Waals surface area contributed by atoms with E-state index in [9.17, 15) is 40.5 Å². The maximum absolute atomic E-state index is 12.8. The number of aliphatic hydroxyl groups excluding tert-OH is 6. The third-order valence-corrected chi connectivity index (χ3v) is 7.08. The van der Waals surface area contributed by atoms with Crippen LogP contribution in [-0.4, -0.2) is 110 Å². The number of carbonyl (C=O) groups excluding carboxylic acids is 1. The molecule has 0 aromatic heterocycles. The van der Waals surface area contributed by atoms with Crippen LogP contribution in [0.1, 0.15) is 28.4 Å². The molecule has 39 heavy (non-hydrogen) atoms. The van der Waals surface area contributed by atoms with E-state index in [4.69, 9.17) is 23.7 Å². The summed E-state index contributed by atoms with van der Waals surface area (Å²) in [5.41, 5.74) is -0.847. The van der Waals surface area contributed by atoms with Gasteiger partial charge in [0.1, 0.15) is 59.5 Å². The van der Waals surface area contributed by atoms with Crippen LogP contribution in [0.4, 0.5) is 0 Å². The first-order valence-electron chi connectivity index (χ1n) is 12.3. The van der Waals surface area contributed by atoms with E-state index >= 15 is 0 Å². The van der Waals surface area contributed by atoms with Crippen molar-refractivity contribution in [2.24, 2.45) is 0 Å². The second-order valence-electron chi connectivity index (χ2n) is 9.78. The Bertz CT molecular complexity index is 1170. The lowest BCUT2D eigenvalue weighted by molar-refractivity contribution is -0.277. The fourth-order valence-corrected chi connectivity index (χ4v) is 4.65. The Morgan fingerprint density at radius 3 is 2.26 bits per heavy atom. The van der Waals surface area contributed by atoms with Gasteiger partial charge in [0.15, 0.2) is 5.78 Å². The highest BCUT2D eigenvalue weighted by molar-refractivity contribution is 6.00. The Hall–Kier alpha value is -2.85. The number of ketones is 1. The van der Waals surface area contributed by atoms with Crippen molar-refractivity contribution in [2.75, 3.05) is 19.8 Å². The molecule has 2 saturated heterocycles. The summed E-state index contributed by atoms with van der Waals surface area (Å²) in [4.78, 5) is 12.8. The maximum atomic E-state index is 12.8. The molecule has 0 unspecified atom stereocenters. The average molecular weight is 551 g/mol. The van der Waals surface area contributed by atoms with Crippen molar-refractivity contribution in [3.63, 3.8) is 0 Å². The van der Waals surface area contributed by atoms with Crippen molar-refractivity contribution in [1.29, 1.82) is 0 Å². The Labute approximate surface area is 222 Å². The number of hydrogen-bond donors (Lipinski definition) is 7. The predicted molar refractivity (Wildman–Crippen MR) is 128 cm³/mol. The summed E-state index contributed by atoms with van der Waals surface area (Å²) >= 11 is 0. The van der Waals surface area contributed by atoms with E-state index in [0.29, 0.717) is 11.1 Å². The van der Waals surface area contributed by atoms with Gasteiger partial charge >= 0.3 is 0 Å². The molecule has 3 heterocycles. The zero-order valence-electron chi connectivity index (χ0n) is 20.6. The Kier molecular flexibility index (Phi) is 7.79. The highest BCUT2D eigenvalue weighted by Crippen LogP contribution is 2.38. The molecule has 0 radical (unpaired) electrons. The molecule has 5 rings (SSSR count). The predicted octanol–water partition coefficient (Wildman–Crippen LogP) is -1.61. The lowest BCUT2D eigenvalue weighted by Crippen LogP contribution is -2.60. The molecule has 7 N–H and O–H groups in total. The van der Waals surface area contributed by atoms with E-state index in [-0.39, 0.29) is 36.1 Å². The highest BCUT2D eigenvalue weighted by atomic mass is 16.7. The molecule has 0 spiro atoms. The molecule has 0 bridgehead atoms. The molecule has 3 aliphatic rings. The van der Waals surface area contributed by atoms with E-state index in [0.717, 1.165) is 0 Å². The van der Waals surface area contributed by atoms with Crippen LogP contribution in [0.2, 0.25) is 0 Å². The van der Waals surface area contributed by atoms with Gasteiger partial charge < -0.3 is 59.4 Å². The van der Waals surface area contributed by atoms with Crippen molar-refractivity contribution in [3.8, 4) is 17.2 Å². The largest absolute Gasteiger partial charge is 0.484 e. The van der Waals surface area contributed by atoms with Crippen LogP contribution in [0.25, 0.3) is 0 Å².